The van der Waals surface area contributed by atoms with E-state index in [0.29, 0.717) is 25.4 Å². The molecule has 3 aromatic rings. The molecule has 2 fully saturated rings. The summed E-state index contributed by atoms with van der Waals surface area (Å²) < 4.78 is 18.5. The van der Waals surface area contributed by atoms with Gasteiger partial charge in [0.15, 0.2) is 0 Å². The monoisotopic (exact) mass is 556 g/mol. The molecule has 3 aliphatic rings. The van der Waals surface area contributed by atoms with Crippen molar-refractivity contribution in [2.24, 2.45) is 0 Å². The lowest BCUT2D eigenvalue weighted by Gasteiger charge is -2.36. The topological polar surface area (TPSA) is 51.2 Å². The molecule has 40 heavy (non-hydrogen) atoms. The molecule has 0 saturated carbocycles. The van der Waals surface area contributed by atoms with E-state index >= 15 is 0 Å². The number of benzene rings is 3. The Labute approximate surface area is 243 Å². The number of nitrogens with zero attached hydrogens (tertiary/aromatic N) is 2. The fraction of sp³-hybridized carbons (Fsp3) is 0.406. The zero-order valence-corrected chi connectivity index (χ0v) is 24.6. The van der Waals surface area contributed by atoms with Gasteiger partial charge in [-0.2, -0.15) is 12.6 Å². The molecular weight excluding hydrogens is 519 g/mol. The van der Waals surface area contributed by atoms with E-state index in [1.54, 1.807) is 0 Å². The Balaban J connectivity index is 1.10. The number of hydrogen-bond donors (Lipinski definition) is 1. The van der Waals surface area contributed by atoms with Gasteiger partial charge in [0.1, 0.15) is 6.61 Å². The highest BCUT2D eigenvalue weighted by molar-refractivity contribution is 7.79. The van der Waals surface area contributed by atoms with Crippen LogP contribution in [0.15, 0.2) is 66.7 Å². The molecule has 1 aliphatic carbocycles. The Morgan fingerprint density at radius 1 is 0.900 bits per heavy atom. The Morgan fingerprint density at radius 2 is 1.48 bits per heavy atom. The number of thiol groups is 1. The van der Waals surface area contributed by atoms with Gasteiger partial charge in [0.05, 0.1) is 11.2 Å². The van der Waals surface area contributed by atoms with Gasteiger partial charge in [0.2, 0.25) is 0 Å². The van der Waals surface area contributed by atoms with Crippen LogP contribution in [0.3, 0.4) is 0 Å². The first kappa shape index (κ1) is 27.2. The summed E-state index contributed by atoms with van der Waals surface area (Å²) in [5.41, 5.74) is 7.33. The van der Waals surface area contributed by atoms with Gasteiger partial charge in [-0.05, 0) is 73.1 Å². The number of ether oxygens (including phenoxy) is 1. The highest BCUT2D eigenvalue weighted by atomic mass is 32.1. The van der Waals surface area contributed by atoms with Crippen LogP contribution >= 0.6 is 12.6 Å². The number of hydrogen-bond acceptors (Lipinski definition) is 6. The van der Waals surface area contributed by atoms with Gasteiger partial charge in [-0.25, -0.2) is 4.79 Å². The zero-order chi connectivity index (χ0) is 28.1. The second kappa shape index (κ2) is 10.5. The summed E-state index contributed by atoms with van der Waals surface area (Å²) in [4.78, 5) is 17.2. The minimum absolute atomic E-state index is 0.0648. The number of amides is 1. The summed E-state index contributed by atoms with van der Waals surface area (Å²) in [6.45, 7) is 11.3. The SMILES string of the molecule is CC1(C)OB(c2cc(CS)cc(N3CCN(C(=O)OCC4c5ccccc5-c5ccccc54)CC3)c2)OC1(C)C. The quantitative estimate of drug-likeness (QED) is 0.333. The van der Waals surface area contributed by atoms with Gasteiger partial charge in [-0.15, -0.1) is 0 Å². The second-order valence-electron chi connectivity index (χ2n) is 12.0. The number of carbonyl (C=O) groups excluding carboxylic acids is 1. The van der Waals surface area contributed by atoms with Crippen molar-refractivity contribution in [2.75, 3.05) is 37.7 Å². The molecule has 0 bridgehead atoms. The van der Waals surface area contributed by atoms with Crippen molar-refractivity contribution in [3.8, 4) is 11.1 Å². The molecule has 6 rings (SSSR count). The lowest BCUT2D eigenvalue weighted by molar-refractivity contribution is 0.00578. The maximum atomic E-state index is 13.1. The molecule has 0 aromatic heterocycles. The maximum Gasteiger partial charge on any atom is 0.494 e. The highest BCUT2D eigenvalue weighted by Crippen LogP contribution is 2.44. The van der Waals surface area contributed by atoms with Crippen LogP contribution in [0.25, 0.3) is 11.1 Å². The van der Waals surface area contributed by atoms with Crippen molar-refractivity contribution in [2.45, 2.75) is 50.6 Å². The summed E-state index contributed by atoms with van der Waals surface area (Å²) in [7, 11) is -0.425. The number of rotatable bonds is 5. The van der Waals surface area contributed by atoms with Gasteiger partial charge in [0, 0.05) is 43.5 Å². The molecule has 2 saturated heterocycles. The standard InChI is InChI=1S/C32H37BN2O4S/c1-31(2)32(3,4)39-33(38-31)23-17-22(21-40)18-24(19-23)34-13-15-35(16-14-34)30(36)37-20-29-27-11-7-5-9-25(27)26-10-6-8-12-28(26)29/h5-12,17-19,29,40H,13-16,20-21H2,1-4H3. The third-order valence-electron chi connectivity index (χ3n) is 8.95. The molecule has 208 valence electrons. The fourth-order valence-electron chi connectivity index (χ4n) is 5.92. The van der Waals surface area contributed by atoms with Crippen molar-refractivity contribution >= 4 is 37.0 Å². The average Bonchev–Trinajstić information content (AvgIpc) is 3.40. The van der Waals surface area contributed by atoms with E-state index in [-0.39, 0.29) is 12.0 Å². The summed E-state index contributed by atoms with van der Waals surface area (Å²) >= 11 is 4.55. The molecule has 1 amide bonds. The third-order valence-corrected chi connectivity index (χ3v) is 9.31. The van der Waals surface area contributed by atoms with E-state index in [1.165, 1.54) is 22.3 Å². The van der Waals surface area contributed by atoms with Crippen molar-refractivity contribution < 1.29 is 18.8 Å². The molecule has 0 spiro atoms. The van der Waals surface area contributed by atoms with Gasteiger partial charge in [-0.1, -0.05) is 54.6 Å². The summed E-state index contributed by atoms with van der Waals surface area (Å²) in [6.07, 6.45) is -0.247. The Kier molecular flexibility index (Phi) is 7.13. The van der Waals surface area contributed by atoms with Crippen molar-refractivity contribution in [3.05, 3.63) is 83.4 Å². The van der Waals surface area contributed by atoms with Crippen LogP contribution in [0.5, 0.6) is 0 Å². The van der Waals surface area contributed by atoms with Gasteiger partial charge in [-0.3, -0.25) is 0 Å². The molecule has 6 nitrogen and oxygen atoms in total. The number of piperazine rings is 1. The van der Waals surface area contributed by atoms with Crippen molar-refractivity contribution in [3.63, 3.8) is 0 Å². The summed E-state index contributed by atoms with van der Waals surface area (Å²) in [5.74, 6) is 0.690. The van der Waals surface area contributed by atoms with Gasteiger partial charge >= 0.3 is 13.2 Å². The van der Waals surface area contributed by atoms with Crippen LogP contribution in [-0.4, -0.2) is 62.1 Å². The van der Waals surface area contributed by atoms with E-state index in [0.717, 1.165) is 29.8 Å². The minimum atomic E-state index is -0.425. The molecule has 2 heterocycles. The molecule has 0 N–H and O–H groups in total. The molecule has 8 heteroatoms. The molecule has 2 aliphatic heterocycles. The van der Waals surface area contributed by atoms with E-state index < -0.39 is 18.3 Å². The predicted molar refractivity (Wildman–Crippen MR) is 164 cm³/mol. The number of anilines is 1. The first-order chi connectivity index (χ1) is 19.2. The molecular formula is C32H37BN2O4S. The third kappa shape index (κ3) is 4.91. The van der Waals surface area contributed by atoms with Crippen LogP contribution in [0.4, 0.5) is 10.5 Å². The van der Waals surface area contributed by atoms with E-state index in [2.05, 4.69) is 112 Å². The first-order valence-corrected chi connectivity index (χ1v) is 14.8. The summed E-state index contributed by atoms with van der Waals surface area (Å²) in [5, 5.41) is 0. The average molecular weight is 557 g/mol. The summed E-state index contributed by atoms with van der Waals surface area (Å²) in [6, 6.07) is 23.3. The first-order valence-electron chi connectivity index (χ1n) is 14.1. The molecule has 0 atom stereocenters. The predicted octanol–water partition coefficient (Wildman–Crippen LogP) is 5.49. The minimum Gasteiger partial charge on any atom is -0.448 e. The lowest BCUT2D eigenvalue weighted by Crippen LogP contribution is -2.49. The second-order valence-corrected chi connectivity index (χ2v) is 12.3. The van der Waals surface area contributed by atoms with Crippen LogP contribution in [0, 0.1) is 0 Å². The Morgan fingerprint density at radius 3 is 2.05 bits per heavy atom. The largest absolute Gasteiger partial charge is 0.494 e. The van der Waals surface area contributed by atoms with Crippen molar-refractivity contribution in [1.29, 1.82) is 0 Å². The van der Waals surface area contributed by atoms with Crippen LogP contribution < -0.4 is 10.4 Å². The van der Waals surface area contributed by atoms with Crippen LogP contribution in [-0.2, 0) is 19.8 Å². The number of fused-ring (bicyclic) bond motifs is 3. The van der Waals surface area contributed by atoms with Crippen LogP contribution in [0.1, 0.15) is 50.3 Å². The Bertz CT molecular complexity index is 1360. The molecule has 0 unspecified atom stereocenters. The highest BCUT2D eigenvalue weighted by Gasteiger charge is 2.51. The van der Waals surface area contributed by atoms with E-state index in [1.807, 2.05) is 4.90 Å². The smallest absolute Gasteiger partial charge is 0.448 e. The maximum absolute atomic E-state index is 13.1. The van der Waals surface area contributed by atoms with Gasteiger partial charge < -0.3 is 23.8 Å². The molecule has 3 aromatic carbocycles. The van der Waals surface area contributed by atoms with Gasteiger partial charge in [0.25, 0.3) is 0 Å². The lowest BCUT2D eigenvalue weighted by atomic mass is 9.78. The number of carbonyl (C=O) groups is 1. The zero-order valence-electron chi connectivity index (χ0n) is 23.7. The van der Waals surface area contributed by atoms with E-state index in [9.17, 15) is 4.79 Å². The van der Waals surface area contributed by atoms with Crippen LogP contribution in [0.2, 0.25) is 0 Å². The van der Waals surface area contributed by atoms with E-state index in [4.69, 9.17) is 14.0 Å². The van der Waals surface area contributed by atoms with Crippen molar-refractivity contribution in [1.82, 2.24) is 4.90 Å². The Hall–Kier alpha value is -2.94. The normalized spacial score (nSPS) is 19.5. The fourth-order valence-corrected chi connectivity index (χ4v) is 6.10. The molecule has 0 radical (unpaired) electrons.